The molecular weight excluding hydrogens is 355 g/mol. The molecule has 142 valence electrons. The minimum Gasteiger partial charge on any atom is -0.481 e. The lowest BCUT2D eigenvalue weighted by molar-refractivity contribution is -0.272. The number of aryl methyl sites for hydroxylation is 1. The van der Waals surface area contributed by atoms with Crippen LogP contribution in [-0.2, 0) is 12.6 Å². The van der Waals surface area contributed by atoms with Crippen molar-refractivity contribution in [2.24, 2.45) is 7.05 Å². The van der Waals surface area contributed by atoms with Crippen LogP contribution in [0, 0.1) is 0 Å². The summed E-state index contributed by atoms with van der Waals surface area (Å²) in [5, 5.41) is 14.8. The average Bonchev–Trinajstić information content (AvgIpc) is 3.01. The number of amides is 2. The van der Waals surface area contributed by atoms with Crippen molar-refractivity contribution in [2.75, 3.05) is 19.0 Å². The maximum absolute atomic E-state index is 13.3. The molecule has 0 saturated heterocycles. The molecule has 2 amide bonds. The summed E-state index contributed by atoms with van der Waals surface area (Å²) in [5.41, 5.74) is -2.85. The Hall–Kier alpha value is -2.82. The van der Waals surface area contributed by atoms with Crippen LogP contribution >= 0.6 is 0 Å². The van der Waals surface area contributed by atoms with Crippen LogP contribution in [0.1, 0.15) is 12.2 Å². The van der Waals surface area contributed by atoms with E-state index in [1.54, 1.807) is 0 Å². The Morgan fingerprint density at radius 2 is 2.08 bits per heavy atom. The molecule has 1 unspecified atom stereocenters. The molecule has 2 heterocycles. The fraction of sp³-hybridized carbons (Fsp3) is 0.400. The third kappa shape index (κ3) is 4.23. The quantitative estimate of drug-likeness (QED) is 0.717. The van der Waals surface area contributed by atoms with E-state index in [-0.39, 0.29) is 0 Å². The van der Waals surface area contributed by atoms with E-state index in [1.165, 1.54) is 38.7 Å². The van der Waals surface area contributed by atoms with Gasteiger partial charge in [0.1, 0.15) is 5.82 Å². The molecule has 8 nitrogen and oxygen atoms in total. The van der Waals surface area contributed by atoms with Gasteiger partial charge in [-0.15, -0.1) is 0 Å². The smallest absolute Gasteiger partial charge is 0.424 e. The summed E-state index contributed by atoms with van der Waals surface area (Å²) in [6.07, 6.45) is -1.97. The monoisotopic (exact) mass is 373 g/mol. The van der Waals surface area contributed by atoms with Crippen LogP contribution in [0.5, 0.6) is 5.88 Å². The topological polar surface area (TPSA) is 101 Å². The van der Waals surface area contributed by atoms with Gasteiger partial charge in [-0.05, 0) is 6.07 Å². The Labute approximate surface area is 147 Å². The summed E-state index contributed by atoms with van der Waals surface area (Å²) >= 11 is 0. The van der Waals surface area contributed by atoms with Gasteiger partial charge in [-0.3, -0.25) is 0 Å². The normalized spacial score (nSPS) is 13.8. The summed E-state index contributed by atoms with van der Waals surface area (Å²) in [5.74, 6) is -0.201. The molecule has 0 aromatic carbocycles. The molecule has 0 radical (unpaired) electrons. The predicted molar refractivity (Wildman–Crippen MR) is 85.6 cm³/mol. The number of urea groups is 1. The molecule has 26 heavy (non-hydrogen) atoms. The summed E-state index contributed by atoms with van der Waals surface area (Å²) in [6, 6.07) is 2.30. The van der Waals surface area contributed by atoms with Crippen molar-refractivity contribution in [1.29, 1.82) is 0 Å². The number of aliphatic hydroxyl groups is 1. The summed E-state index contributed by atoms with van der Waals surface area (Å²) in [7, 11) is 2.78. The molecule has 2 aromatic rings. The Balaban J connectivity index is 1.97. The zero-order valence-corrected chi connectivity index (χ0v) is 14.0. The van der Waals surface area contributed by atoms with E-state index in [2.05, 4.69) is 20.6 Å². The molecule has 0 aliphatic heterocycles. The van der Waals surface area contributed by atoms with Crippen molar-refractivity contribution >= 4 is 11.7 Å². The molecule has 0 spiro atoms. The van der Waals surface area contributed by atoms with E-state index in [0.29, 0.717) is 11.6 Å². The number of nitrogens with zero attached hydrogens (tertiary/aromatic N) is 3. The highest BCUT2D eigenvalue weighted by molar-refractivity contribution is 5.88. The van der Waals surface area contributed by atoms with Gasteiger partial charge in [0.05, 0.1) is 19.0 Å². The standard InChI is InChI=1S/C15H18F3N5O3/c1-23-8-7-19-12(23)14(25,15(16,17)18)5-6-20-13(24)22-10-3-4-11(26-2)21-9-10/h3-4,7-9,25H,5-6H2,1-2H3,(H2,20,22,24). The zero-order valence-electron chi connectivity index (χ0n) is 14.0. The molecule has 0 fully saturated rings. The molecule has 1 atom stereocenters. The molecule has 0 bridgehead atoms. The molecule has 11 heteroatoms. The zero-order chi connectivity index (χ0) is 19.4. The van der Waals surface area contributed by atoms with Gasteiger partial charge in [-0.2, -0.15) is 13.2 Å². The Kier molecular flexibility index (Phi) is 5.70. The van der Waals surface area contributed by atoms with E-state index in [4.69, 9.17) is 4.74 Å². The number of alkyl halides is 3. The second-order valence-corrected chi connectivity index (χ2v) is 5.44. The van der Waals surface area contributed by atoms with Crippen molar-refractivity contribution in [1.82, 2.24) is 19.9 Å². The molecule has 0 aliphatic rings. The number of halogens is 3. The van der Waals surface area contributed by atoms with Gasteiger partial charge in [0.2, 0.25) is 11.5 Å². The van der Waals surface area contributed by atoms with Crippen LogP contribution in [0.25, 0.3) is 0 Å². The lowest BCUT2D eigenvalue weighted by Crippen LogP contribution is -2.47. The van der Waals surface area contributed by atoms with E-state index >= 15 is 0 Å². The van der Waals surface area contributed by atoms with Crippen LogP contribution in [0.3, 0.4) is 0 Å². The number of hydrogen-bond donors (Lipinski definition) is 3. The highest BCUT2D eigenvalue weighted by Gasteiger charge is 2.57. The van der Waals surface area contributed by atoms with Crippen molar-refractivity contribution in [3.8, 4) is 5.88 Å². The maximum atomic E-state index is 13.3. The number of hydrogen-bond acceptors (Lipinski definition) is 5. The number of anilines is 1. The van der Waals surface area contributed by atoms with Gasteiger partial charge < -0.3 is 25.0 Å². The fourth-order valence-corrected chi connectivity index (χ4v) is 2.25. The summed E-state index contributed by atoms with van der Waals surface area (Å²) in [6.45, 7) is -0.432. The highest BCUT2D eigenvalue weighted by Crippen LogP contribution is 2.40. The van der Waals surface area contributed by atoms with Gasteiger partial charge in [0.15, 0.2) is 0 Å². The van der Waals surface area contributed by atoms with E-state index < -0.39 is 36.6 Å². The van der Waals surface area contributed by atoms with Crippen LogP contribution in [0.2, 0.25) is 0 Å². The lowest BCUT2D eigenvalue weighted by atomic mass is 9.97. The summed E-state index contributed by atoms with van der Waals surface area (Å²) in [4.78, 5) is 19.3. The van der Waals surface area contributed by atoms with Crippen molar-refractivity contribution < 1.29 is 27.8 Å². The van der Waals surface area contributed by atoms with Gasteiger partial charge in [-0.1, -0.05) is 0 Å². The Morgan fingerprint density at radius 1 is 1.35 bits per heavy atom. The number of pyridine rings is 1. The first kappa shape index (κ1) is 19.5. The molecule has 3 N–H and O–H groups in total. The Bertz CT molecular complexity index is 748. The second kappa shape index (κ2) is 7.60. The average molecular weight is 373 g/mol. The number of aromatic nitrogens is 3. The Morgan fingerprint density at radius 3 is 2.58 bits per heavy atom. The highest BCUT2D eigenvalue weighted by atomic mass is 19.4. The van der Waals surface area contributed by atoms with E-state index in [0.717, 1.165) is 10.8 Å². The maximum Gasteiger partial charge on any atom is 0.424 e. The number of carbonyl (C=O) groups is 1. The fourth-order valence-electron chi connectivity index (χ4n) is 2.25. The van der Waals surface area contributed by atoms with Gasteiger partial charge in [0.25, 0.3) is 0 Å². The number of rotatable bonds is 6. The molecule has 0 aliphatic carbocycles. The minimum absolute atomic E-state index is 0.332. The third-order valence-electron chi connectivity index (χ3n) is 3.64. The predicted octanol–water partition coefficient (Wildman–Crippen LogP) is 1.79. The van der Waals surface area contributed by atoms with Crippen LogP contribution in [0.4, 0.5) is 23.7 Å². The minimum atomic E-state index is -4.95. The van der Waals surface area contributed by atoms with E-state index in [1.807, 2.05) is 0 Å². The van der Waals surface area contributed by atoms with Gasteiger partial charge in [0, 0.05) is 38.5 Å². The largest absolute Gasteiger partial charge is 0.481 e. The molecule has 2 aromatic heterocycles. The number of imidazole rings is 1. The third-order valence-corrected chi connectivity index (χ3v) is 3.64. The van der Waals surface area contributed by atoms with Crippen molar-refractivity contribution in [3.63, 3.8) is 0 Å². The number of methoxy groups -OCH3 is 1. The first-order chi connectivity index (χ1) is 12.2. The molecular formula is C15H18F3N5O3. The lowest BCUT2D eigenvalue weighted by Gasteiger charge is -2.29. The summed E-state index contributed by atoms with van der Waals surface area (Å²) < 4.78 is 46.0. The van der Waals surface area contributed by atoms with Crippen molar-refractivity contribution in [3.05, 3.63) is 36.5 Å². The molecule has 2 rings (SSSR count). The van der Waals surface area contributed by atoms with Crippen LogP contribution in [-0.4, -0.2) is 45.5 Å². The van der Waals surface area contributed by atoms with Gasteiger partial charge >= 0.3 is 12.2 Å². The first-order valence-corrected chi connectivity index (χ1v) is 7.49. The van der Waals surface area contributed by atoms with Gasteiger partial charge in [-0.25, -0.2) is 14.8 Å². The molecule has 0 saturated carbocycles. The van der Waals surface area contributed by atoms with E-state index in [9.17, 15) is 23.1 Å². The number of ether oxygens (including phenoxy) is 1. The van der Waals surface area contributed by atoms with Crippen LogP contribution in [0.15, 0.2) is 30.7 Å². The number of nitrogens with one attached hydrogen (secondary N) is 2. The van der Waals surface area contributed by atoms with Crippen molar-refractivity contribution in [2.45, 2.75) is 18.2 Å². The number of carbonyl (C=O) groups excluding carboxylic acids is 1. The first-order valence-electron chi connectivity index (χ1n) is 7.49. The van der Waals surface area contributed by atoms with Crippen LogP contribution < -0.4 is 15.4 Å². The second-order valence-electron chi connectivity index (χ2n) is 5.44. The SMILES string of the molecule is COc1ccc(NC(=O)NCCC(O)(c2nccn2C)C(F)(F)F)cn1.